The van der Waals surface area contributed by atoms with Gasteiger partial charge in [-0.15, -0.1) is 0 Å². The summed E-state index contributed by atoms with van der Waals surface area (Å²) in [5, 5.41) is 0. The van der Waals surface area contributed by atoms with Gasteiger partial charge in [-0.3, -0.25) is 4.79 Å². The summed E-state index contributed by atoms with van der Waals surface area (Å²) in [5.74, 6) is 0.642. The van der Waals surface area contributed by atoms with Crippen molar-refractivity contribution < 1.29 is 14.3 Å². The van der Waals surface area contributed by atoms with Gasteiger partial charge in [-0.2, -0.15) is 0 Å². The average molecular weight is 459 g/mol. The van der Waals surface area contributed by atoms with E-state index in [9.17, 15) is 4.79 Å². The number of carbonyl (C=O) groups is 1. The van der Waals surface area contributed by atoms with E-state index in [-0.39, 0.29) is 5.78 Å². The van der Waals surface area contributed by atoms with Gasteiger partial charge in [0.2, 0.25) is 0 Å². The second-order valence-electron chi connectivity index (χ2n) is 9.56. The average Bonchev–Trinajstić information content (AvgIpc) is 2.89. The van der Waals surface area contributed by atoms with Crippen LogP contribution in [0.3, 0.4) is 0 Å². The first-order chi connectivity index (χ1) is 16.7. The number of morpholine rings is 2. The van der Waals surface area contributed by atoms with Crippen LogP contribution in [-0.2, 0) is 14.3 Å². The molecule has 2 saturated heterocycles. The summed E-state index contributed by atoms with van der Waals surface area (Å²) in [6.07, 6.45) is 5.82. The van der Waals surface area contributed by atoms with Gasteiger partial charge in [0, 0.05) is 48.7 Å². The van der Waals surface area contributed by atoms with E-state index in [2.05, 4.69) is 77.4 Å². The largest absolute Gasteiger partial charge is 0.378 e. The van der Waals surface area contributed by atoms with E-state index >= 15 is 0 Å². The maximum absolute atomic E-state index is 13.3. The van der Waals surface area contributed by atoms with Crippen LogP contribution in [0.4, 0.5) is 11.4 Å². The molecule has 0 spiro atoms. The highest BCUT2D eigenvalue weighted by Crippen LogP contribution is 2.32. The van der Waals surface area contributed by atoms with Gasteiger partial charge < -0.3 is 19.3 Å². The number of ether oxygens (including phenoxy) is 2. The molecule has 2 aromatic rings. The van der Waals surface area contributed by atoms with Crippen molar-refractivity contribution in [3.63, 3.8) is 0 Å². The zero-order valence-electron chi connectivity index (χ0n) is 20.0. The molecule has 5 heteroatoms. The number of benzene rings is 2. The van der Waals surface area contributed by atoms with Gasteiger partial charge in [0.25, 0.3) is 0 Å². The molecule has 0 aromatic heterocycles. The lowest BCUT2D eigenvalue weighted by atomic mass is 9.81. The minimum absolute atomic E-state index is 0.188. The van der Waals surface area contributed by atoms with Crippen molar-refractivity contribution in [1.29, 1.82) is 0 Å². The van der Waals surface area contributed by atoms with E-state index in [4.69, 9.17) is 9.47 Å². The Balaban J connectivity index is 1.30. The molecule has 3 aliphatic rings. The second-order valence-corrected chi connectivity index (χ2v) is 9.56. The SMILES string of the molecule is CC1C/C(=C\c2ccc(N3CCOCC3)cc2)C(=O)/C(=C/c2ccc(N3CCOCC3)cc2)C1. The Morgan fingerprint density at radius 2 is 1.06 bits per heavy atom. The van der Waals surface area contributed by atoms with Crippen molar-refractivity contribution in [3.8, 4) is 0 Å². The van der Waals surface area contributed by atoms with E-state index in [0.29, 0.717) is 5.92 Å². The number of anilines is 2. The Bertz CT molecular complexity index is 960. The van der Waals surface area contributed by atoms with Crippen molar-refractivity contribution in [2.45, 2.75) is 19.8 Å². The maximum Gasteiger partial charge on any atom is 0.185 e. The van der Waals surface area contributed by atoms with Gasteiger partial charge in [-0.05, 0) is 66.3 Å². The third-order valence-corrected chi connectivity index (χ3v) is 6.94. The third-order valence-electron chi connectivity index (χ3n) is 6.94. The Kier molecular flexibility index (Phi) is 7.12. The van der Waals surface area contributed by atoms with Gasteiger partial charge in [0.05, 0.1) is 26.4 Å². The molecule has 0 N–H and O–H groups in total. The number of nitrogens with zero attached hydrogens (tertiary/aromatic N) is 2. The molecular weight excluding hydrogens is 424 g/mol. The molecule has 34 heavy (non-hydrogen) atoms. The number of carbonyl (C=O) groups excluding carboxylic acids is 1. The zero-order chi connectivity index (χ0) is 23.3. The highest BCUT2D eigenvalue weighted by molar-refractivity contribution is 6.14. The number of ketones is 1. The molecule has 0 atom stereocenters. The highest BCUT2D eigenvalue weighted by Gasteiger charge is 2.25. The van der Waals surface area contributed by atoms with Crippen LogP contribution in [0.25, 0.3) is 12.2 Å². The molecule has 0 radical (unpaired) electrons. The molecule has 1 aliphatic carbocycles. The molecule has 2 aromatic carbocycles. The van der Waals surface area contributed by atoms with E-state index in [0.717, 1.165) is 87.7 Å². The minimum atomic E-state index is 0.188. The Morgan fingerprint density at radius 3 is 1.44 bits per heavy atom. The molecule has 5 nitrogen and oxygen atoms in total. The summed E-state index contributed by atoms with van der Waals surface area (Å²) >= 11 is 0. The Labute approximate surface area is 202 Å². The highest BCUT2D eigenvalue weighted by atomic mass is 16.5. The summed E-state index contributed by atoms with van der Waals surface area (Å²) in [6.45, 7) is 9.07. The first kappa shape index (κ1) is 22.9. The lowest BCUT2D eigenvalue weighted by Crippen LogP contribution is -2.36. The van der Waals surface area contributed by atoms with Crippen molar-refractivity contribution in [3.05, 3.63) is 70.8 Å². The predicted molar refractivity (Wildman–Crippen MR) is 138 cm³/mol. The topological polar surface area (TPSA) is 42.0 Å². The maximum atomic E-state index is 13.3. The Hall–Kier alpha value is -2.89. The molecular formula is C29H34N2O3. The normalized spacial score (nSPS) is 24.1. The predicted octanol–water partition coefficient (Wildman–Crippen LogP) is 4.83. The van der Waals surface area contributed by atoms with Gasteiger partial charge in [-0.1, -0.05) is 31.2 Å². The number of allylic oxidation sites excluding steroid dienone is 2. The van der Waals surface area contributed by atoms with E-state index < -0.39 is 0 Å². The number of Topliss-reactive ketones (excluding diaryl/α,β-unsaturated/α-hetero) is 1. The summed E-state index contributed by atoms with van der Waals surface area (Å²) in [6, 6.07) is 17.1. The number of hydrogen-bond acceptors (Lipinski definition) is 5. The summed E-state index contributed by atoms with van der Waals surface area (Å²) in [7, 11) is 0. The fourth-order valence-electron chi connectivity index (χ4n) is 5.07. The molecule has 0 bridgehead atoms. The second kappa shape index (κ2) is 10.6. The molecule has 0 unspecified atom stereocenters. The molecule has 2 heterocycles. The first-order valence-corrected chi connectivity index (χ1v) is 12.5. The van der Waals surface area contributed by atoms with Crippen molar-refractivity contribution in [2.24, 2.45) is 5.92 Å². The fraction of sp³-hybridized carbons (Fsp3) is 0.414. The van der Waals surface area contributed by atoms with Crippen molar-refractivity contribution in [2.75, 3.05) is 62.4 Å². The van der Waals surface area contributed by atoms with Crippen LogP contribution in [0, 0.1) is 5.92 Å². The minimum Gasteiger partial charge on any atom is -0.378 e. The molecule has 0 amide bonds. The van der Waals surface area contributed by atoms with Crippen LogP contribution in [-0.4, -0.2) is 58.4 Å². The molecule has 2 aliphatic heterocycles. The van der Waals surface area contributed by atoms with Crippen LogP contribution in [0.5, 0.6) is 0 Å². The fourth-order valence-corrected chi connectivity index (χ4v) is 5.07. The molecule has 178 valence electrons. The lowest BCUT2D eigenvalue weighted by Gasteiger charge is -2.29. The van der Waals surface area contributed by atoms with Gasteiger partial charge in [-0.25, -0.2) is 0 Å². The van der Waals surface area contributed by atoms with Gasteiger partial charge in [0.1, 0.15) is 0 Å². The van der Waals surface area contributed by atoms with Crippen LogP contribution in [0.15, 0.2) is 59.7 Å². The number of rotatable bonds is 4. The van der Waals surface area contributed by atoms with Gasteiger partial charge >= 0.3 is 0 Å². The molecule has 3 fully saturated rings. The molecule has 1 saturated carbocycles. The van der Waals surface area contributed by atoms with E-state index in [1.54, 1.807) is 0 Å². The summed E-state index contributed by atoms with van der Waals surface area (Å²) in [4.78, 5) is 18.0. The smallest absolute Gasteiger partial charge is 0.185 e. The standard InChI is InChI=1S/C29H34N2O3/c1-22-18-25(20-23-2-6-27(7-3-23)30-10-14-33-15-11-30)29(32)26(19-22)21-24-4-8-28(9-5-24)31-12-16-34-17-13-31/h2-9,20-22H,10-19H2,1H3/b25-20+,26-21+. The third kappa shape index (κ3) is 5.43. The number of hydrogen-bond donors (Lipinski definition) is 0. The first-order valence-electron chi connectivity index (χ1n) is 12.5. The molecule has 5 rings (SSSR count). The lowest BCUT2D eigenvalue weighted by molar-refractivity contribution is -0.113. The summed E-state index contributed by atoms with van der Waals surface area (Å²) < 4.78 is 10.9. The quantitative estimate of drug-likeness (QED) is 0.614. The summed E-state index contributed by atoms with van der Waals surface area (Å²) in [5.41, 5.74) is 6.43. The monoisotopic (exact) mass is 458 g/mol. The van der Waals surface area contributed by atoms with Crippen LogP contribution >= 0.6 is 0 Å². The zero-order valence-corrected chi connectivity index (χ0v) is 20.0. The van der Waals surface area contributed by atoms with Crippen molar-refractivity contribution >= 4 is 29.3 Å². The van der Waals surface area contributed by atoms with Gasteiger partial charge in [0.15, 0.2) is 5.78 Å². The van der Waals surface area contributed by atoms with Crippen LogP contribution in [0.1, 0.15) is 30.9 Å². The van der Waals surface area contributed by atoms with Crippen LogP contribution in [0.2, 0.25) is 0 Å². The van der Waals surface area contributed by atoms with E-state index in [1.807, 2.05) is 0 Å². The Morgan fingerprint density at radius 1 is 0.676 bits per heavy atom. The van der Waals surface area contributed by atoms with Crippen LogP contribution < -0.4 is 9.80 Å². The van der Waals surface area contributed by atoms with Crippen molar-refractivity contribution in [1.82, 2.24) is 0 Å². The van der Waals surface area contributed by atoms with E-state index in [1.165, 1.54) is 11.4 Å².